The minimum Gasteiger partial charge on any atom is -0.485 e. The summed E-state index contributed by atoms with van der Waals surface area (Å²) in [5, 5.41) is 3.79. The average Bonchev–Trinajstić information content (AvgIpc) is 3.18. The van der Waals surface area contributed by atoms with Crippen LogP contribution in [0.3, 0.4) is 0 Å². The van der Waals surface area contributed by atoms with Gasteiger partial charge in [0.05, 0.1) is 0 Å². The molecular weight excluding hydrogens is 316 g/mol. The largest absolute Gasteiger partial charge is 0.485 e. The Kier molecular flexibility index (Phi) is 3.90. The fourth-order valence-corrected chi connectivity index (χ4v) is 2.88. The average molecular weight is 332 g/mol. The molecule has 1 aliphatic rings. The molecule has 2 aromatic carbocycles. The molecule has 0 saturated carbocycles. The number of ketones is 1. The standard InChI is InChI=1S/C20H16N2O3/c1-13-21-19(22-25-13)12-24-17-8-6-14(7-9-17)10-16-11-15-4-2-3-5-18(15)20(16)23/h2-10H,11-12H2,1H3/b16-10+. The van der Waals surface area contributed by atoms with Crippen LogP contribution in [0.5, 0.6) is 5.75 Å². The van der Waals surface area contributed by atoms with E-state index in [1.54, 1.807) is 6.92 Å². The van der Waals surface area contributed by atoms with Gasteiger partial charge < -0.3 is 9.26 Å². The van der Waals surface area contributed by atoms with E-state index in [1.165, 1.54) is 0 Å². The highest BCUT2D eigenvalue weighted by Gasteiger charge is 2.23. The first kappa shape index (κ1) is 15.3. The second-order valence-corrected chi connectivity index (χ2v) is 5.92. The van der Waals surface area contributed by atoms with Crippen LogP contribution in [0.25, 0.3) is 6.08 Å². The molecule has 0 spiro atoms. The molecule has 0 amide bonds. The van der Waals surface area contributed by atoms with Crippen LogP contribution in [0, 0.1) is 6.92 Å². The van der Waals surface area contributed by atoms with E-state index in [0.717, 1.165) is 22.3 Å². The lowest BCUT2D eigenvalue weighted by atomic mass is 10.1. The number of aromatic nitrogens is 2. The van der Waals surface area contributed by atoms with E-state index < -0.39 is 0 Å². The molecule has 25 heavy (non-hydrogen) atoms. The molecule has 1 aliphatic carbocycles. The summed E-state index contributed by atoms with van der Waals surface area (Å²) in [6.07, 6.45) is 2.62. The van der Waals surface area contributed by atoms with E-state index in [2.05, 4.69) is 10.1 Å². The van der Waals surface area contributed by atoms with E-state index >= 15 is 0 Å². The summed E-state index contributed by atoms with van der Waals surface area (Å²) in [6, 6.07) is 15.3. The quantitative estimate of drug-likeness (QED) is 0.680. The van der Waals surface area contributed by atoms with Gasteiger partial charge in [-0.05, 0) is 29.3 Å². The van der Waals surface area contributed by atoms with Crippen LogP contribution in [0.1, 0.15) is 33.2 Å². The van der Waals surface area contributed by atoms with Gasteiger partial charge in [0.15, 0.2) is 12.4 Å². The van der Waals surface area contributed by atoms with Crippen molar-refractivity contribution in [2.75, 3.05) is 0 Å². The number of benzene rings is 2. The molecule has 1 aromatic heterocycles. The zero-order chi connectivity index (χ0) is 17.2. The van der Waals surface area contributed by atoms with Crippen LogP contribution in [0.2, 0.25) is 0 Å². The summed E-state index contributed by atoms with van der Waals surface area (Å²) in [5.41, 5.74) is 3.69. The van der Waals surface area contributed by atoms with Crippen LogP contribution in [-0.4, -0.2) is 15.9 Å². The monoisotopic (exact) mass is 332 g/mol. The Hall–Kier alpha value is -3.21. The summed E-state index contributed by atoms with van der Waals surface area (Å²) in [4.78, 5) is 16.5. The molecule has 0 fully saturated rings. The molecule has 0 saturated heterocycles. The Morgan fingerprint density at radius 3 is 2.68 bits per heavy atom. The van der Waals surface area contributed by atoms with Gasteiger partial charge in [-0.15, -0.1) is 0 Å². The molecule has 1 heterocycles. The van der Waals surface area contributed by atoms with Gasteiger partial charge in [-0.1, -0.05) is 41.6 Å². The van der Waals surface area contributed by atoms with Gasteiger partial charge in [-0.25, -0.2) is 0 Å². The van der Waals surface area contributed by atoms with Gasteiger partial charge in [-0.3, -0.25) is 4.79 Å². The van der Waals surface area contributed by atoms with Crippen LogP contribution < -0.4 is 4.74 Å². The smallest absolute Gasteiger partial charge is 0.223 e. The highest BCUT2D eigenvalue weighted by molar-refractivity contribution is 6.15. The number of allylic oxidation sites excluding steroid dienone is 1. The van der Waals surface area contributed by atoms with Crippen molar-refractivity contribution < 1.29 is 14.1 Å². The molecule has 0 bridgehead atoms. The van der Waals surface area contributed by atoms with Crippen molar-refractivity contribution in [3.8, 4) is 5.75 Å². The third-order valence-electron chi connectivity index (χ3n) is 4.09. The topological polar surface area (TPSA) is 65.2 Å². The molecule has 0 radical (unpaired) electrons. The number of fused-ring (bicyclic) bond motifs is 1. The molecule has 4 rings (SSSR count). The third-order valence-corrected chi connectivity index (χ3v) is 4.09. The van der Waals surface area contributed by atoms with Crippen molar-refractivity contribution in [1.82, 2.24) is 10.1 Å². The zero-order valence-corrected chi connectivity index (χ0v) is 13.7. The molecule has 5 heteroatoms. The minimum atomic E-state index is 0.114. The van der Waals surface area contributed by atoms with Gasteiger partial charge in [-0.2, -0.15) is 4.98 Å². The second kappa shape index (κ2) is 6.36. The van der Waals surface area contributed by atoms with Crippen LogP contribution in [0.15, 0.2) is 58.6 Å². The second-order valence-electron chi connectivity index (χ2n) is 5.92. The van der Waals surface area contributed by atoms with E-state index in [-0.39, 0.29) is 12.4 Å². The van der Waals surface area contributed by atoms with Crippen molar-refractivity contribution in [2.45, 2.75) is 20.0 Å². The Bertz CT molecular complexity index is 955. The third kappa shape index (κ3) is 3.21. The number of hydrogen-bond acceptors (Lipinski definition) is 5. The Morgan fingerprint density at radius 1 is 1.16 bits per heavy atom. The van der Waals surface area contributed by atoms with E-state index in [4.69, 9.17) is 9.26 Å². The van der Waals surface area contributed by atoms with Crippen molar-refractivity contribution >= 4 is 11.9 Å². The van der Waals surface area contributed by atoms with Gasteiger partial charge >= 0.3 is 0 Å². The van der Waals surface area contributed by atoms with Crippen molar-refractivity contribution in [3.05, 3.63) is 82.5 Å². The lowest BCUT2D eigenvalue weighted by Crippen LogP contribution is -1.97. The lowest BCUT2D eigenvalue weighted by Gasteiger charge is -2.04. The maximum Gasteiger partial charge on any atom is 0.223 e. The Labute approximate surface area is 144 Å². The van der Waals surface area contributed by atoms with Crippen molar-refractivity contribution in [1.29, 1.82) is 0 Å². The summed E-state index contributed by atoms with van der Waals surface area (Å²) in [6.45, 7) is 1.99. The number of rotatable bonds is 4. The maximum absolute atomic E-state index is 12.4. The van der Waals surface area contributed by atoms with E-state index in [0.29, 0.717) is 23.9 Å². The highest BCUT2D eigenvalue weighted by atomic mass is 16.5. The lowest BCUT2D eigenvalue weighted by molar-refractivity contribution is 0.104. The molecule has 0 N–H and O–H groups in total. The van der Waals surface area contributed by atoms with E-state index in [1.807, 2.05) is 54.6 Å². The van der Waals surface area contributed by atoms with Crippen molar-refractivity contribution in [3.63, 3.8) is 0 Å². The molecule has 0 atom stereocenters. The normalized spacial score (nSPS) is 14.8. The summed E-state index contributed by atoms with van der Waals surface area (Å²) in [7, 11) is 0. The number of nitrogens with zero attached hydrogens (tertiary/aromatic N) is 2. The maximum atomic E-state index is 12.4. The predicted molar refractivity (Wildman–Crippen MR) is 92.3 cm³/mol. The highest BCUT2D eigenvalue weighted by Crippen LogP contribution is 2.27. The number of aryl methyl sites for hydroxylation is 1. The van der Waals surface area contributed by atoms with Gasteiger partial charge in [0.2, 0.25) is 11.7 Å². The Morgan fingerprint density at radius 2 is 1.96 bits per heavy atom. The Balaban J connectivity index is 1.45. The van der Waals surface area contributed by atoms with Gasteiger partial charge in [0.1, 0.15) is 5.75 Å². The number of Topliss-reactive ketones (excluding diaryl/α,β-unsaturated/α-hetero) is 1. The van der Waals surface area contributed by atoms with Crippen molar-refractivity contribution in [2.24, 2.45) is 0 Å². The van der Waals surface area contributed by atoms with Crippen LogP contribution in [-0.2, 0) is 13.0 Å². The molecule has 0 unspecified atom stereocenters. The first-order valence-electron chi connectivity index (χ1n) is 8.04. The van der Waals surface area contributed by atoms with E-state index in [9.17, 15) is 4.79 Å². The zero-order valence-electron chi connectivity index (χ0n) is 13.7. The van der Waals surface area contributed by atoms with Gasteiger partial charge in [0, 0.05) is 24.5 Å². The molecule has 5 nitrogen and oxygen atoms in total. The first-order valence-corrected chi connectivity index (χ1v) is 8.04. The van der Waals surface area contributed by atoms with Crippen LogP contribution >= 0.6 is 0 Å². The summed E-state index contributed by atoms with van der Waals surface area (Å²) >= 11 is 0. The molecule has 124 valence electrons. The number of carbonyl (C=O) groups is 1. The first-order chi connectivity index (χ1) is 12.2. The summed E-state index contributed by atoms with van der Waals surface area (Å²) in [5.74, 6) is 1.86. The molecule has 3 aromatic rings. The number of carbonyl (C=O) groups excluding carboxylic acids is 1. The molecule has 0 aliphatic heterocycles. The summed E-state index contributed by atoms with van der Waals surface area (Å²) < 4.78 is 10.5. The SMILES string of the molecule is Cc1nc(COc2ccc(/C=C3\Cc4ccccc4C3=O)cc2)no1. The molecular formula is C20H16N2O3. The minimum absolute atomic E-state index is 0.114. The fraction of sp³-hybridized carbons (Fsp3) is 0.150. The van der Waals surface area contributed by atoms with Gasteiger partial charge in [0.25, 0.3) is 0 Å². The number of ether oxygens (including phenoxy) is 1. The van der Waals surface area contributed by atoms with Crippen LogP contribution in [0.4, 0.5) is 0 Å². The number of hydrogen-bond donors (Lipinski definition) is 0. The fourth-order valence-electron chi connectivity index (χ4n) is 2.88. The predicted octanol–water partition coefficient (Wildman–Crippen LogP) is 3.78.